The molecule has 2 aromatic carbocycles. The number of benzene rings is 2. The average molecular weight is 387 g/mol. The maximum absolute atomic E-state index is 14.0. The van der Waals surface area contributed by atoms with Crippen LogP contribution in [0.25, 0.3) is 0 Å². The average Bonchev–Trinajstić information content (AvgIpc) is 2.97. The molecule has 2 aromatic rings. The summed E-state index contributed by atoms with van der Waals surface area (Å²) in [7, 11) is 0. The van der Waals surface area contributed by atoms with Crippen LogP contribution in [0.4, 0.5) is 13.6 Å². The van der Waals surface area contributed by atoms with E-state index in [0.29, 0.717) is 5.56 Å². The first-order valence-electron chi connectivity index (χ1n) is 9.55. The van der Waals surface area contributed by atoms with E-state index in [9.17, 15) is 18.7 Å². The zero-order chi connectivity index (χ0) is 19.9. The van der Waals surface area contributed by atoms with Crippen molar-refractivity contribution in [2.75, 3.05) is 0 Å². The molecule has 1 amide bonds. The Kier molecular flexibility index (Phi) is 4.83. The Balaban J connectivity index is 1.50. The van der Waals surface area contributed by atoms with Gasteiger partial charge in [0.05, 0.1) is 5.60 Å². The van der Waals surface area contributed by atoms with Gasteiger partial charge in [-0.15, -0.1) is 0 Å². The van der Waals surface area contributed by atoms with E-state index in [4.69, 9.17) is 4.74 Å². The lowest BCUT2D eigenvalue weighted by molar-refractivity contribution is -0.0542. The van der Waals surface area contributed by atoms with Crippen LogP contribution in [0.5, 0.6) is 0 Å². The second kappa shape index (κ2) is 7.17. The predicted molar refractivity (Wildman–Crippen MR) is 99.5 cm³/mol. The normalized spacial score (nSPS) is 26.4. The molecule has 0 radical (unpaired) electrons. The topological polar surface area (TPSA) is 49.8 Å². The van der Waals surface area contributed by atoms with E-state index < -0.39 is 17.2 Å². The monoisotopic (exact) mass is 387 g/mol. The number of nitrogens with zero attached hydrogens (tertiary/aromatic N) is 1. The highest BCUT2D eigenvalue weighted by Gasteiger charge is 2.51. The van der Waals surface area contributed by atoms with Crippen molar-refractivity contribution in [3.8, 4) is 0 Å². The number of ether oxygens (including phenoxy) is 1. The molecule has 2 aliphatic rings. The molecule has 2 atom stereocenters. The Bertz CT molecular complexity index is 873. The highest BCUT2D eigenvalue weighted by Crippen LogP contribution is 2.47. The van der Waals surface area contributed by atoms with Crippen molar-refractivity contribution in [3.63, 3.8) is 0 Å². The summed E-state index contributed by atoms with van der Waals surface area (Å²) in [4.78, 5) is 14.4. The molecule has 0 aliphatic carbocycles. The highest BCUT2D eigenvalue weighted by molar-refractivity contribution is 5.69. The lowest BCUT2D eigenvalue weighted by Crippen LogP contribution is -2.52. The van der Waals surface area contributed by atoms with Crippen LogP contribution in [0.1, 0.15) is 42.4 Å². The molecule has 2 saturated heterocycles. The molecule has 2 heterocycles. The summed E-state index contributed by atoms with van der Waals surface area (Å²) in [5.41, 5.74) is 0.164. The van der Waals surface area contributed by atoms with Gasteiger partial charge < -0.3 is 14.7 Å². The van der Waals surface area contributed by atoms with Gasteiger partial charge in [-0.3, -0.25) is 0 Å². The summed E-state index contributed by atoms with van der Waals surface area (Å²) in [6, 6.07) is 11.6. The fourth-order valence-electron chi connectivity index (χ4n) is 4.69. The molecule has 6 heteroatoms. The molecular weight excluding hydrogens is 364 g/mol. The lowest BCUT2D eigenvalue weighted by Gasteiger charge is -2.44. The van der Waals surface area contributed by atoms with Gasteiger partial charge in [0.25, 0.3) is 0 Å². The molecule has 2 bridgehead atoms. The van der Waals surface area contributed by atoms with Crippen molar-refractivity contribution in [1.29, 1.82) is 0 Å². The van der Waals surface area contributed by atoms with E-state index in [2.05, 4.69) is 0 Å². The van der Waals surface area contributed by atoms with Crippen LogP contribution in [-0.4, -0.2) is 28.2 Å². The van der Waals surface area contributed by atoms with Crippen molar-refractivity contribution in [3.05, 3.63) is 70.8 Å². The van der Waals surface area contributed by atoms with Crippen LogP contribution in [0.15, 0.2) is 42.5 Å². The number of carbonyl (C=O) groups excluding carboxylic acids is 1. The Morgan fingerprint density at radius 2 is 1.79 bits per heavy atom. The number of hydrogen-bond acceptors (Lipinski definition) is 3. The molecule has 2 unspecified atom stereocenters. The maximum atomic E-state index is 14.0. The van der Waals surface area contributed by atoms with Crippen molar-refractivity contribution in [1.82, 2.24) is 4.90 Å². The van der Waals surface area contributed by atoms with Gasteiger partial charge in [0.15, 0.2) is 11.6 Å². The summed E-state index contributed by atoms with van der Waals surface area (Å²) in [6.45, 7) is 1.68. The van der Waals surface area contributed by atoms with Crippen LogP contribution in [0, 0.1) is 18.6 Å². The molecule has 1 N–H and O–H groups in total. The lowest BCUT2D eigenvalue weighted by atomic mass is 9.79. The van der Waals surface area contributed by atoms with Gasteiger partial charge in [0.1, 0.15) is 6.61 Å². The van der Waals surface area contributed by atoms with Crippen molar-refractivity contribution in [2.45, 2.75) is 56.9 Å². The second-order valence-corrected chi connectivity index (χ2v) is 7.81. The van der Waals surface area contributed by atoms with Gasteiger partial charge in [-0.1, -0.05) is 36.4 Å². The van der Waals surface area contributed by atoms with Gasteiger partial charge in [-0.2, -0.15) is 0 Å². The van der Waals surface area contributed by atoms with Gasteiger partial charge in [0, 0.05) is 24.9 Å². The van der Waals surface area contributed by atoms with Gasteiger partial charge in [-0.05, 0) is 42.5 Å². The van der Waals surface area contributed by atoms with Crippen molar-refractivity contribution in [2.24, 2.45) is 0 Å². The first-order chi connectivity index (χ1) is 13.4. The quantitative estimate of drug-likeness (QED) is 0.848. The molecule has 148 valence electrons. The molecule has 0 aromatic heterocycles. The second-order valence-electron chi connectivity index (χ2n) is 7.81. The Hall–Kier alpha value is -2.47. The minimum Gasteiger partial charge on any atom is -0.445 e. The van der Waals surface area contributed by atoms with E-state index in [1.807, 2.05) is 30.3 Å². The summed E-state index contributed by atoms with van der Waals surface area (Å²) < 4.78 is 33.0. The number of halogens is 2. The largest absolute Gasteiger partial charge is 0.445 e. The molecule has 4 rings (SSSR count). The van der Waals surface area contributed by atoms with Crippen LogP contribution in [-0.2, 0) is 16.9 Å². The van der Waals surface area contributed by atoms with Crippen LogP contribution in [0.2, 0.25) is 0 Å². The highest BCUT2D eigenvalue weighted by atomic mass is 19.2. The Labute approximate surface area is 162 Å². The number of piperidine rings is 1. The SMILES string of the molecule is Cc1c(C2(O)CC3CCC(C2)N3C(=O)OCc2ccccc2)ccc(F)c1F. The minimum absolute atomic E-state index is 0.127. The summed E-state index contributed by atoms with van der Waals surface area (Å²) >= 11 is 0. The molecule has 0 spiro atoms. The number of fused-ring (bicyclic) bond motifs is 2. The fourth-order valence-corrected chi connectivity index (χ4v) is 4.69. The molecule has 28 heavy (non-hydrogen) atoms. The number of aliphatic hydroxyl groups is 1. The zero-order valence-corrected chi connectivity index (χ0v) is 15.7. The van der Waals surface area contributed by atoms with Crippen molar-refractivity contribution < 1.29 is 23.4 Å². The van der Waals surface area contributed by atoms with Crippen molar-refractivity contribution >= 4 is 6.09 Å². The van der Waals surface area contributed by atoms with Crippen LogP contribution < -0.4 is 0 Å². The summed E-state index contributed by atoms with van der Waals surface area (Å²) in [5, 5.41) is 11.3. The van der Waals surface area contributed by atoms with E-state index in [1.165, 1.54) is 13.0 Å². The first kappa shape index (κ1) is 18.9. The minimum atomic E-state index is -1.28. The van der Waals surface area contributed by atoms with E-state index in [0.717, 1.165) is 24.5 Å². The number of amides is 1. The summed E-state index contributed by atoms with van der Waals surface area (Å²) in [5.74, 6) is -1.85. The van der Waals surface area contributed by atoms with E-state index in [-0.39, 0.29) is 43.2 Å². The first-order valence-corrected chi connectivity index (χ1v) is 9.55. The number of carbonyl (C=O) groups is 1. The molecule has 2 fully saturated rings. The Morgan fingerprint density at radius 3 is 2.43 bits per heavy atom. The smallest absolute Gasteiger partial charge is 0.410 e. The maximum Gasteiger partial charge on any atom is 0.410 e. The van der Waals surface area contributed by atoms with Crippen LogP contribution >= 0.6 is 0 Å². The Morgan fingerprint density at radius 1 is 1.14 bits per heavy atom. The third-order valence-corrected chi connectivity index (χ3v) is 6.02. The van der Waals surface area contributed by atoms with Crippen LogP contribution in [0.3, 0.4) is 0 Å². The van der Waals surface area contributed by atoms with E-state index in [1.54, 1.807) is 4.90 Å². The fraction of sp³-hybridized carbons (Fsp3) is 0.409. The third kappa shape index (κ3) is 3.26. The third-order valence-electron chi connectivity index (χ3n) is 6.02. The summed E-state index contributed by atoms with van der Waals surface area (Å²) in [6.07, 6.45) is 1.71. The molecule has 2 aliphatic heterocycles. The number of rotatable bonds is 3. The molecule has 4 nitrogen and oxygen atoms in total. The van der Waals surface area contributed by atoms with E-state index >= 15 is 0 Å². The van der Waals surface area contributed by atoms with Gasteiger partial charge in [-0.25, -0.2) is 13.6 Å². The molecular formula is C22H23F2NO3. The zero-order valence-electron chi connectivity index (χ0n) is 15.7. The predicted octanol–water partition coefficient (Wildman–Crippen LogP) is 4.42. The molecule has 0 saturated carbocycles. The standard InChI is InChI=1S/C22H23F2NO3/c1-14-18(9-10-19(23)20(14)24)22(27)11-16-7-8-17(12-22)25(16)21(26)28-13-15-5-3-2-4-6-15/h2-6,9-10,16-17,27H,7-8,11-13H2,1H3. The van der Waals surface area contributed by atoms with Gasteiger partial charge in [0.2, 0.25) is 0 Å². The number of hydrogen-bond donors (Lipinski definition) is 1. The van der Waals surface area contributed by atoms with Gasteiger partial charge >= 0.3 is 6.09 Å².